The third-order valence-electron chi connectivity index (χ3n) is 6.62. The van der Waals surface area contributed by atoms with Crippen LogP contribution in [0.4, 0.5) is 10.5 Å². The first-order valence-electron chi connectivity index (χ1n) is 11.8. The number of hydrogen-bond donors (Lipinski definition) is 2. The molecule has 1 aromatic carbocycles. The number of nitrogens with one attached hydrogen (secondary N) is 2. The lowest BCUT2D eigenvalue weighted by Crippen LogP contribution is -2.58. The van der Waals surface area contributed by atoms with Gasteiger partial charge in [0.05, 0.1) is 25.4 Å². The molecule has 1 saturated heterocycles. The predicted molar refractivity (Wildman–Crippen MR) is 127 cm³/mol. The molecule has 1 unspecified atom stereocenters. The molecule has 8 nitrogen and oxygen atoms in total. The number of carbonyl (C=O) groups is 2. The van der Waals surface area contributed by atoms with Crippen molar-refractivity contribution in [2.75, 3.05) is 38.6 Å². The van der Waals surface area contributed by atoms with Crippen LogP contribution in [0.2, 0.25) is 0 Å². The third kappa shape index (κ3) is 6.01. The van der Waals surface area contributed by atoms with Gasteiger partial charge >= 0.3 is 6.03 Å². The smallest absolute Gasteiger partial charge is 0.321 e. The Morgan fingerprint density at radius 1 is 1.06 bits per heavy atom. The van der Waals surface area contributed by atoms with Gasteiger partial charge in [0.25, 0.3) is 0 Å². The topological polar surface area (TPSA) is 86.8 Å². The number of rotatable bonds is 7. The summed E-state index contributed by atoms with van der Waals surface area (Å²) in [7, 11) is 1.62. The van der Waals surface area contributed by atoms with Gasteiger partial charge in [0, 0.05) is 38.1 Å². The van der Waals surface area contributed by atoms with Gasteiger partial charge in [0.15, 0.2) is 0 Å². The highest BCUT2D eigenvalue weighted by Crippen LogP contribution is 2.31. The van der Waals surface area contributed by atoms with E-state index in [1.54, 1.807) is 13.3 Å². The average Bonchev–Trinajstić information content (AvgIpc) is 3.39. The molecule has 2 aliphatic rings. The van der Waals surface area contributed by atoms with Crippen molar-refractivity contribution >= 4 is 17.6 Å². The first kappa shape index (κ1) is 23.0. The second-order valence-corrected chi connectivity index (χ2v) is 8.71. The van der Waals surface area contributed by atoms with Crippen LogP contribution >= 0.6 is 0 Å². The molecule has 0 spiro atoms. The Morgan fingerprint density at radius 2 is 1.79 bits per heavy atom. The summed E-state index contributed by atoms with van der Waals surface area (Å²) in [5, 5.41) is 6.05. The van der Waals surface area contributed by atoms with Crippen LogP contribution < -0.4 is 15.4 Å². The molecule has 0 bridgehead atoms. The quantitative estimate of drug-likeness (QED) is 0.676. The lowest BCUT2D eigenvalue weighted by atomic mass is 9.95. The number of methoxy groups -OCH3 is 1. The van der Waals surface area contributed by atoms with Gasteiger partial charge in [-0.3, -0.25) is 14.7 Å². The molecular formula is C25H33N5O3. The van der Waals surface area contributed by atoms with Gasteiger partial charge in [-0.05, 0) is 55.2 Å². The second-order valence-electron chi connectivity index (χ2n) is 8.71. The van der Waals surface area contributed by atoms with E-state index in [2.05, 4.69) is 20.5 Å². The van der Waals surface area contributed by atoms with E-state index in [1.165, 1.54) is 12.8 Å². The van der Waals surface area contributed by atoms with Crippen LogP contribution in [0.5, 0.6) is 5.75 Å². The molecule has 176 valence electrons. The molecule has 1 aliphatic heterocycles. The molecule has 8 heteroatoms. The summed E-state index contributed by atoms with van der Waals surface area (Å²) in [5.41, 5.74) is 1.59. The normalized spacial score (nSPS) is 18.0. The first-order chi connectivity index (χ1) is 16.1. The van der Waals surface area contributed by atoms with Crippen LogP contribution in [0.25, 0.3) is 0 Å². The summed E-state index contributed by atoms with van der Waals surface area (Å²) >= 11 is 0. The molecule has 1 saturated carbocycles. The van der Waals surface area contributed by atoms with Crippen LogP contribution in [-0.2, 0) is 11.3 Å². The Labute approximate surface area is 195 Å². The van der Waals surface area contributed by atoms with E-state index in [0.29, 0.717) is 38.6 Å². The van der Waals surface area contributed by atoms with Crippen LogP contribution in [0.1, 0.15) is 31.4 Å². The highest BCUT2D eigenvalue weighted by molar-refractivity contribution is 5.89. The fourth-order valence-corrected chi connectivity index (χ4v) is 4.82. The highest BCUT2D eigenvalue weighted by Gasteiger charge is 2.37. The average molecular weight is 452 g/mol. The molecule has 2 N–H and O–H groups in total. The summed E-state index contributed by atoms with van der Waals surface area (Å²) in [6.07, 6.45) is 6.27. The molecule has 1 atom stereocenters. The maximum atomic E-state index is 13.2. The number of urea groups is 1. The summed E-state index contributed by atoms with van der Waals surface area (Å²) in [6, 6.07) is 12.8. The summed E-state index contributed by atoms with van der Waals surface area (Å²) in [6.45, 7) is 3.01. The maximum absolute atomic E-state index is 13.2. The SMILES string of the molecule is COc1ccc(NC(=O)N2CCN(C(C(=O)NCc3ccccn3)C3CCCC3)CC2)cc1. The van der Waals surface area contributed by atoms with E-state index in [4.69, 9.17) is 4.74 Å². The van der Waals surface area contributed by atoms with Crippen molar-refractivity contribution in [1.82, 2.24) is 20.1 Å². The first-order valence-corrected chi connectivity index (χ1v) is 11.8. The highest BCUT2D eigenvalue weighted by atomic mass is 16.5. The monoisotopic (exact) mass is 451 g/mol. The standard InChI is InChI=1S/C25H33N5O3/c1-33-22-11-9-20(10-12-22)28-25(32)30-16-14-29(15-17-30)23(19-6-2-3-7-19)24(31)27-18-21-8-4-5-13-26-21/h4-5,8-13,19,23H,2-3,6-7,14-18H2,1H3,(H,27,31)(H,28,32). The van der Waals surface area contributed by atoms with E-state index >= 15 is 0 Å². The fourth-order valence-electron chi connectivity index (χ4n) is 4.82. The van der Waals surface area contributed by atoms with Crippen molar-refractivity contribution in [2.24, 2.45) is 5.92 Å². The summed E-state index contributed by atoms with van der Waals surface area (Å²) < 4.78 is 5.16. The molecule has 0 radical (unpaired) electrons. The zero-order valence-electron chi connectivity index (χ0n) is 19.2. The molecule has 1 aromatic heterocycles. The molecule has 2 aromatic rings. The Balaban J connectivity index is 1.33. The number of anilines is 1. The van der Waals surface area contributed by atoms with Crippen molar-refractivity contribution in [3.05, 3.63) is 54.4 Å². The van der Waals surface area contributed by atoms with Gasteiger partial charge in [-0.2, -0.15) is 0 Å². The summed E-state index contributed by atoms with van der Waals surface area (Å²) in [4.78, 5) is 34.3. The van der Waals surface area contributed by atoms with Gasteiger partial charge in [-0.15, -0.1) is 0 Å². The zero-order chi connectivity index (χ0) is 23.0. The Kier molecular flexibility index (Phi) is 7.78. The fraction of sp³-hybridized carbons (Fsp3) is 0.480. The second kappa shape index (κ2) is 11.1. The van der Waals surface area contributed by atoms with Gasteiger partial charge in [0.1, 0.15) is 5.75 Å². The molecular weight excluding hydrogens is 418 g/mol. The predicted octanol–water partition coefficient (Wildman–Crippen LogP) is 3.11. The van der Waals surface area contributed by atoms with Crippen molar-refractivity contribution < 1.29 is 14.3 Å². The lowest BCUT2D eigenvalue weighted by Gasteiger charge is -2.40. The van der Waals surface area contributed by atoms with E-state index in [1.807, 2.05) is 47.4 Å². The largest absolute Gasteiger partial charge is 0.497 e. The van der Waals surface area contributed by atoms with Crippen molar-refractivity contribution in [1.29, 1.82) is 0 Å². The number of amides is 3. The van der Waals surface area contributed by atoms with Crippen molar-refractivity contribution in [2.45, 2.75) is 38.3 Å². The molecule has 4 rings (SSSR count). The third-order valence-corrected chi connectivity index (χ3v) is 6.62. The van der Waals surface area contributed by atoms with Gasteiger partial charge < -0.3 is 20.3 Å². The van der Waals surface area contributed by atoms with Gasteiger partial charge in [-0.25, -0.2) is 4.79 Å². The minimum absolute atomic E-state index is 0.0729. The Morgan fingerprint density at radius 3 is 2.42 bits per heavy atom. The van der Waals surface area contributed by atoms with Crippen molar-refractivity contribution in [3.8, 4) is 5.75 Å². The van der Waals surface area contributed by atoms with Crippen LogP contribution in [0.15, 0.2) is 48.7 Å². The Hall–Kier alpha value is -3.13. The molecule has 2 heterocycles. The Bertz CT molecular complexity index is 907. The van der Waals surface area contributed by atoms with E-state index < -0.39 is 0 Å². The number of carbonyl (C=O) groups excluding carboxylic acids is 2. The molecule has 2 fully saturated rings. The number of benzene rings is 1. The number of nitrogens with zero attached hydrogens (tertiary/aromatic N) is 3. The lowest BCUT2D eigenvalue weighted by molar-refractivity contribution is -0.129. The minimum Gasteiger partial charge on any atom is -0.497 e. The maximum Gasteiger partial charge on any atom is 0.321 e. The van der Waals surface area contributed by atoms with Gasteiger partial charge in [-0.1, -0.05) is 18.9 Å². The molecule has 3 amide bonds. The van der Waals surface area contributed by atoms with E-state index in [9.17, 15) is 9.59 Å². The number of pyridine rings is 1. The molecule has 33 heavy (non-hydrogen) atoms. The zero-order valence-corrected chi connectivity index (χ0v) is 19.2. The van der Waals surface area contributed by atoms with E-state index in [0.717, 1.165) is 30.0 Å². The van der Waals surface area contributed by atoms with Crippen LogP contribution in [-0.4, -0.2) is 66.1 Å². The summed E-state index contributed by atoms with van der Waals surface area (Å²) in [5.74, 6) is 1.19. The minimum atomic E-state index is -0.150. The number of piperazine rings is 1. The number of hydrogen-bond acceptors (Lipinski definition) is 5. The number of ether oxygens (including phenoxy) is 1. The van der Waals surface area contributed by atoms with Crippen molar-refractivity contribution in [3.63, 3.8) is 0 Å². The molecule has 1 aliphatic carbocycles. The number of aromatic nitrogens is 1. The van der Waals surface area contributed by atoms with Crippen LogP contribution in [0.3, 0.4) is 0 Å². The van der Waals surface area contributed by atoms with E-state index in [-0.39, 0.29) is 18.0 Å². The van der Waals surface area contributed by atoms with Crippen LogP contribution in [0, 0.1) is 5.92 Å². The van der Waals surface area contributed by atoms with Gasteiger partial charge in [0.2, 0.25) is 5.91 Å².